The Morgan fingerprint density at radius 2 is 2.08 bits per heavy atom. The van der Waals surface area contributed by atoms with Crippen LogP contribution in [0.1, 0.15) is 5.56 Å². The van der Waals surface area contributed by atoms with Gasteiger partial charge in [0.25, 0.3) is 5.91 Å². The van der Waals surface area contributed by atoms with Crippen LogP contribution in [0, 0.1) is 0 Å². The number of halogens is 1. The van der Waals surface area contributed by atoms with Crippen molar-refractivity contribution in [3.63, 3.8) is 0 Å². The van der Waals surface area contributed by atoms with Crippen molar-refractivity contribution in [2.75, 3.05) is 13.7 Å². The molecule has 0 aliphatic rings. The van der Waals surface area contributed by atoms with Gasteiger partial charge < -0.3 is 9.47 Å². The van der Waals surface area contributed by atoms with Gasteiger partial charge in [0.1, 0.15) is 17.0 Å². The Balaban J connectivity index is 1.60. The second-order valence-corrected chi connectivity index (χ2v) is 5.74. The van der Waals surface area contributed by atoms with Crippen molar-refractivity contribution in [1.82, 2.24) is 10.4 Å². The fraction of sp³-hybridized carbons (Fsp3) is 0.105. The summed E-state index contributed by atoms with van der Waals surface area (Å²) in [5.41, 5.74) is 3.76. The van der Waals surface area contributed by atoms with Crippen LogP contribution >= 0.6 is 11.6 Å². The molecule has 7 heteroatoms. The van der Waals surface area contributed by atoms with E-state index in [1.165, 1.54) is 6.21 Å². The van der Waals surface area contributed by atoms with Crippen molar-refractivity contribution in [2.24, 2.45) is 5.10 Å². The van der Waals surface area contributed by atoms with Gasteiger partial charge in [-0.05, 0) is 30.3 Å². The van der Waals surface area contributed by atoms with Crippen molar-refractivity contribution in [3.05, 3.63) is 65.3 Å². The quantitative estimate of drug-likeness (QED) is 0.533. The number of para-hydroxylation sites is 1. The smallest absolute Gasteiger partial charge is 0.277 e. The summed E-state index contributed by atoms with van der Waals surface area (Å²) in [4.78, 5) is 16.2. The van der Waals surface area contributed by atoms with Crippen LogP contribution in [0.4, 0.5) is 0 Å². The minimum absolute atomic E-state index is 0.181. The third-order valence-corrected chi connectivity index (χ3v) is 3.77. The monoisotopic (exact) mass is 369 g/mol. The van der Waals surface area contributed by atoms with Crippen LogP contribution in [0.2, 0.25) is 5.02 Å². The first-order chi connectivity index (χ1) is 12.7. The summed E-state index contributed by atoms with van der Waals surface area (Å²) < 4.78 is 10.8. The number of ether oxygens (including phenoxy) is 2. The van der Waals surface area contributed by atoms with Crippen LogP contribution in [0.3, 0.4) is 0 Å². The normalized spacial score (nSPS) is 10.8. The lowest BCUT2D eigenvalue weighted by Gasteiger charge is -2.07. The number of carbonyl (C=O) groups is 1. The lowest BCUT2D eigenvalue weighted by atomic mass is 10.2. The number of hydrogen-bond acceptors (Lipinski definition) is 5. The maximum atomic E-state index is 11.9. The summed E-state index contributed by atoms with van der Waals surface area (Å²) in [5.74, 6) is 0.749. The van der Waals surface area contributed by atoms with E-state index in [4.69, 9.17) is 21.1 Å². The van der Waals surface area contributed by atoms with Crippen molar-refractivity contribution in [2.45, 2.75) is 0 Å². The average molecular weight is 370 g/mol. The molecule has 132 valence electrons. The molecule has 1 N–H and O–H groups in total. The molecule has 0 saturated carbocycles. The van der Waals surface area contributed by atoms with Crippen LogP contribution in [0.15, 0.2) is 59.8 Å². The molecule has 0 saturated heterocycles. The largest absolute Gasteiger partial charge is 0.496 e. The number of hydrogen-bond donors (Lipinski definition) is 1. The fourth-order valence-corrected chi connectivity index (χ4v) is 2.53. The summed E-state index contributed by atoms with van der Waals surface area (Å²) in [6.07, 6.45) is 3.14. The minimum Gasteiger partial charge on any atom is -0.496 e. The van der Waals surface area contributed by atoms with Crippen molar-refractivity contribution < 1.29 is 14.3 Å². The topological polar surface area (TPSA) is 72.8 Å². The van der Waals surface area contributed by atoms with Gasteiger partial charge in [-0.15, -0.1) is 0 Å². The molecule has 0 aliphatic heterocycles. The molecule has 0 unspecified atom stereocenters. The summed E-state index contributed by atoms with van der Waals surface area (Å²) in [5, 5.41) is 5.39. The number of fused-ring (bicyclic) bond motifs is 1. The van der Waals surface area contributed by atoms with Gasteiger partial charge in [-0.1, -0.05) is 29.8 Å². The number of nitrogens with one attached hydrogen (secondary N) is 1. The van der Waals surface area contributed by atoms with Crippen molar-refractivity contribution >= 4 is 34.6 Å². The van der Waals surface area contributed by atoms with Gasteiger partial charge in [0, 0.05) is 22.2 Å². The zero-order valence-corrected chi connectivity index (χ0v) is 14.7. The van der Waals surface area contributed by atoms with Crippen LogP contribution in [-0.4, -0.2) is 30.8 Å². The summed E-state index contributed by atoms with van der Waals surface area (Å²) in [6.45, 7) is -0.181. The second-order valence-electron chi connectivity index (χ2n) is 5.30. The molecule has 1 aromatic heterocycles. The SMILES string of the molecule is COc1ccc(Cl)cc1/C=N/NC(=O)COc1cccc2cccnc12. The molecule has 1 heterocycles. The number of benzene rings is 2. The summed E-state index contributed by atoms with van der Waals surface area (Å²) in [7, 11) is 1.55. The van der Waals surface area contributed by atoms with Crippen LogP contribution in [0.5, 0.6) is 11.5 Å². The fourth-order valence-electron chi connectivity index (χ4n) is 2.35. The van der Waals surface area contributed by atoms with E-state index in [1.54, 1.807) is 37.6 Å². The molecule has 0 fully saturated rings. The number of hydrazone groups is 1. The molecule has 3 aromatic rings. The molecule has 26 heavy (non-hydrogen) atoms. The molecule has 0 bridgehead atoms. The molecule has 0 spiro atoms. The number of pyridine rings is 1. The van der Waals surface area contributed by atoms with Gasteiger partial charge in [0.2, 0.25) is 0 Å². The van der Waals surface area contributed by atoms with Crippen molar-refractivity contribution in [1.29, 1.82) is 0 Å². The van der Waals surface area contributed by atoms with Crippen LogP contribution < -0.4 is 14.9 Å². The zero-order chi connectivity index (χ0) is 18.4. The Kier molecular flexibility index (Phi) is 5.66. The Morgan fingerprint density at radius 1 is 1.23 bits per heavy atom. The molecule has 6 nitrogen and oxygen atoms in total. The first-order valence-corrected chi connectivity index (χ1v) is 8.17. The van der Waals surface area contributed by atoms with Gasteiger partial charge in [0.15, 0.2) is 6.61 Å². The predicted octanol–water partition coefficient (Wildman–Crippen LogP) is 3.43. The van der Waals surface area contributed by atoms with E-state index < -0.39 is 5.91 Å². The van der Waals surface area contributed by atoms with Gasteiger partial charge in [-0.2, -0.15) is 5.10 Å². The van der Waals surface area contributed by atoms with Gasteiger partial charge in [-0.25, -0.2) is 5.43 Å². The third kappa shape index (κ3) is 4.29. The Bertz CT molecular complexity index is 954. The van der Waals surface area contributed by atoms with Gasteiger partial charge >= 0.3 is 0 Å². The number of nitrogens with zero attached hydrogens (tertiary/aromatic N) is 2. The predicted molar refractivity (Wildman–Crippen MR) is 101 cm³/mol. The number of aromatic nitrogens is 1. The molecule has 1 amide bonds. The second kappa shape index (κ2) is 8.31. The molecule has 0 radical (unpaired) electrons. The lowest BCUT2D eigenvalue weighted by molar-refractivity contribution is -0.123. The lowest BCUT2D eigenvalue weighted by Crippen LogP contribution is -2.24. The van der Waals surface area contributed by atoms with E-state index in [-0.39, 0.29) is 6.61 Å². The van der Waals surface area contributed by atoms with Crippen LogP contribution in [-0.2, 0) is 4.79 Å². The van der Waals surface area contributed by atoms with Crippen LogP contribution in [0.25, 0.3) is 10.9 Å². The first kappa shape index (κ1) is 17.7. The summed E-state index contributed by atoms with van der Waals surface area (Å²) >= 11 is 5.95. The highest BCUT2D eigenvalue weighted by Gasteiger charge is 2.06. The highest BCUT2D eigenvalue weighted by molar-refractivity contribution is 6.30. The molecule has 0 aliphatic carbocycles. The number of carbonyl (C=O) groups excluding carboxylic acids is 1. The first-order valence-electron chi connectivity index (χ1n) is 7.79. The molecular weight excluding hydrogens is 354 g/mol. The average Bonchev–Trinajstić information content (AvgIpc) is 2.66. The zero-order valence-electron chi connectivity index (χ0n) is 14.0. The van der Waals surface area contributed by atoms with Gasteiger partial charge in [0.05, 0.1) is 13.3 Å². The summed E-state index contributed by atoms with van der Waals surface area (Å²) in [6, 6.07) is 14.4. The van der Waals surface area contributed by atoms with Gasteiger partial charge in [-0.3, -0.25) is 9.78 Å². The molecule has 0 atom stereocenters. The molecule has 2 aromatic carbocycles. The highest BCUT2D eigenvalue weighted by Crippen LogP contribution is 2.23. The minimum atomic E-state index is -0.393. The molecular formula is C19H16ClN3O3. The maximum absolute atomic E-state index is 11.9. The molecule has 3 rings (SSSR count). The Morgan fingerprint density at radius 3 is 2.92 bits per heavy atom. The number of methoxy groups -OCH3 is 1. The highest BCUT2D eigenvalue weighted by atomic mass is 35.5. The number of amides is 1. The van der Waals surface area contributed by atoms with E-state index in [0.717, 1.165) is 5.39 Å². The van der Waals surface area contributed by atoms with Crippen molar-refractivity contribution in [3.8, 4) is 11.5 Å². The standard InChI is InChI=1S/C19H16ClN3O3/c1-25-16-8-7-15(20)10-14(16)11-22-23-18(24)12-26-17-6-2-4-13-5-3-9-21-19(13)17/h2-11H,12H2,1H3,(H,23,24)/b22-11+. The van der Waals surface area contributed by atoms with E-state index in [9.17, 15) is 4.79 Å². The van der Waals surface area contributed by atoms with E-state index in [0.29, 0.717) is 27.6 Å². The Hall–Kier alpha value is -3.12. The Labute approximate surface area is 155 Å². The van der Waals surface area contributed by atoms with E-state index in [2.05, 4.69) is 15.5 Å². The maximum Gasteiger partial charge on any atom is 0.277 e. The number of rotatable bonds is 6. The van der Waals surface area contributed by atoms with E-state index >= 15 is 0 Å². The van der Waals surface area contributed by atoms with E-state index in [1.807, 2.05) is 24.3 Å². The third-order valence-electron chi connectivity index (χ3n) is 3.54.